The molecule has 3 aromatic rings. The van der Waals surface area contributed by atoms with Crippen molar-refractivity contribution in [1.82, 2.24) is 14.7 Å². The van der Waals surface area contributed by atoms with E-state index in [1.54, 1.807) is 54.4 Å². The number of fused-ring (bicyclic) bond motifs is 1. The molecule has 0 N–H and O–H groups in total. The Hall–Kier alpha value is -3.35. The molecule has 1 amide bonds. The Morgan fingerprint density at radius 2 is 1.69 bits per heavy atom. The maximum Gasteiger partial charge on any atom is 0.279 e. The van der Waals surface area contributed by atoms with Crippen molar-refractivity contribution in [2.75, 3.05) is 27.8 Å². The summed E-state index contributed by atoms with van der Waals surface area (Å²) in [5.41, 5.74) is 0.381. The summed E-state index contributed by atoms with van der Waals surface area (Å²) in [4.78, 5) is 27.9. The van der Waals surface area contributed by atoms with Gasteiger partial charge in [-0.05, 0) is 12.5 Å². The molecular formula is C22H25N3O4. The molecule has 152 valence electrons. The number of hydrogen-bond donors (Lipinski definition) is 0. The topological polar surface area (TPSA) is 73.7 Å². The van der Waals surface area contributed by atoms with Crippen LogP contribution in [-0.4, -0.2) is 48.4 Å². The molecule has 1 aromatic heterocycles. The zero-order valence-electron chi connectivity index (χ0n) is 17.1. The molecule has 0 aliphatic rings. The summed E-state index contributed by atoms with van der Waals surface area (Å²) < 4.78 is 11.8. The number of unbranched alkanes of at least 4 members (excludes halogenated alkanes) is 1. The van der Waals surface area contributed by atoms with E-state index < -0.39 is 0 Å². The first-order chi connectivity index (χ1) is 14.0. The van der Waals surface area contributed by atoms with Crippen molar-refractivity contribution < 1.29 is 14.3 Å². The lowest BCUT2D eigenvalue weighted by atomic mass is 10.1. The third-order valence-corrected chi connectivity index (χ3v) is 4.78. The van der Waals surface area contributed by atoms with Crippen molar-refractivity contribution in [3.8, 4) is 17.2 Å². The lowest BCUT2D eigenvalue weighted by Gasteiger charge is -2.18. The maximum absolute atomic E-state index is 13.1. The molecule has 0 unspecified atom stereocenters. The smallest absolute Gasteiger partial charge is 0.279 e. The van der Waals surface area contributed by atoms with Gasteiger partial charge in [-0.25, -0.2) is 0 Å². The minimum Gasteiger partial charge on any atom is -0.497 e. The van der Waals surface area contributed by atoms with Gasteiger partial charge in [-0.3, -0.25) is 9.59 Å². The van der Waals surface area contributed by atoms with Crippen LogP contribution in [0.5, 0.6) is 11.5 Å². The fourth-order valence-corrected chi connectivity index (χ4v) is 3.11. The normalized spacial score (nSPS) is 10.8. The number of carbonyl (C=O) groups is 1. The molecule has 0 aliphatic heterocycles. The number of rotatable bonds is 7. The van der Waals surface area contributed by atoms with Gasteiger partial charge in [0.2, 0.25) is 0 Å². The quantitative estimate of drug-likeness (QED) is 0.614. The largest absolute Gasteiger partial charge is 0.497 e. The highest BCUT2D eigenvalue weighted by atomic mass is 16.5. The highest BCUT2D eigenvalue weighted by molar-refractivity contribution is 6.04. The van der Waals surface area contributed by atoms with Crippen LogP contribution in [0.2, 0.25) is 0 Å². The fourth-order valence-electron chi connectivity index (χ4n) is 3.11. The number of nitrogens with zero attached hydrogens (tertiary/aromatic N) is 3. The van der Waals surface area contributed by atoms with E-state index in [9.17, 15) is 9.59 Å². The molecule has 0 fully saturated rings. The van der Waals surface area contributed by atoms with E-state index in [2.05, 4.69) is 12.0 Å². The molecule has 7 heteroatoms. The van der Waals surface area contributed by atoms with Crippen LogP contribution in [-0.2, 0) is 0 Å². The van der Waals surface area contributed by atoms with Crippen molar-refractivity contribution in [2.24, 2.45) is 0 Å². The third kappa shape index (κ3) is 4.08. The van der Waals surface area contributed by atoms with Crippen LogP contribution < -0.4 is 15.0 Å². The molecule has 7 nitrogen and oxygen atoms in total. The summed E-state index contributed by atoms with van der Waals surface area (Å²) in [5, 5.41) is 5.42. The monoisotopic (exact) mass is 395 g/mol. The Kier molecular flexibility index (Phi) is 6.16. The number of hydrogen-bond acceptors (Lipinski definition) is 5. The van der Waals surface area contributed by atoms with Crippen LogP contribution in [0.15, 0.2) is 47.3 Å². The van der Waals surface area contributed by atoms with Gasteiger partial charge in [0.25, 0.3) is 11.5 Å². The van der Waals surface area contributed by atoms with Crippen molar-refractivity contribution >= 4 is 16.7 Å². The van der Waals surface area contributed by atoms with Crippen LogP contribution in [0, 0.1) is 0 Å². The minimum absolute atomic E-state index is 0.224. The minimum atomic E-state index is -0.316. The maximum atomic E-state index is 13.1. The summed E-state index contributed by atoms with van der Waals surface area (Å²) in [6.07, 6.45) is 1.88. The zero-order valence-corrected chi connectivity index (χ0v) is 17.1. The number of carbonyl (C=O) groups excluding carboxylic acids is 1. The van der Waals surface area contributed by atoms with Gasteiger partial charge in [0.05, 0.1) is 25.3 Å². The Balaban J connectivity index is 2.23. The molecule has 1 heterocycles. The molecule has 0 bridgehead atoms. The Morgan fingerprint density at radius 3 is 2.28 bits per heavy atom. The molecule has 3 rings (SSSR count). The van der Waals surface area contributed by atoms with E-state index in [1.807, 2.05) is 0 Å². The van der Waals surface area contributed by atoms with Gasteiger partial charge in [-0.2, -0.15) is 9.78 Å². The van der Waals surface area contributed by atoms with Crippen LogP contribution in [0.25, 0.3) is 16.5 Å². The molecule has 0 radical (unpaired) electrons. The highest BCUT2D eigenvalue weighted by Crippen LogP contribution is 2.25. The second kappa shape index (κ2) is 8.77. The average Bonchev–Trinajstić information content (AvgIpc) is 2.76. The van der Waals surface area contributed by atoms with E-state index in [1.165, 1.54) is 18.9 Å². The second-order valence-electron chi connectivity index (χ2n) is 6.76. The van der Waals surface area contributed by atoms with E-state index in [0.717, 1.165) is 12.8 Å². The van der Waals surface area contributed by atoms with Crippen molar-refractivity contribution in [1.29, 1.82) is 0 Å². The molecule has 0 atom stereocenters. The van der Waals surface area contributed by atoms with Gasteiger partial charge >= 0.3 is 0 Å². The average molecular weight is 395 g/mol. The summed E-state index contributed by atoms with van der Waals surface area (Å²) >= 11 is 0. The first-order valence-corrected chi connectivity index (χ1v) is 9.51. The highest BCUT2D eigenvalue weighted by Gasteiger charge is 2.20. The third-order valence-electron chi connectivity index (χ3n) is 4.78. The second-order valence-corrected chi connectivity index (χ2v) is 6.76. The predicted octanol–water partition coefficient (Wildman–Crippen LogP) is 3.28. The van der Waals surface area contributed by atoms with Crippen molar-refractivity contribution in [3.05, 3.63) is 58.5 Å². The number of aromatic nitrogens is 2. The van der Waals surface area contributed by atoms with Crippen LogP contribution in [0.1, 0.15) is 30.3 Å². The van der Waals surface area contributed by atoms with Crippen LogP contribution in [0.4, 0.5) is 0 Å². The number of ether oxygens (including phenoxy) is 2. The van der Waals surface area contributed by atoms with E-state index >= 15 is 0 Å². The molecule has 29 heavy (non-hydrogen) atoms. The summed E-state index contributed by atoms with van der Waals surface area (Å²) in [7, 11) is 4.82. The zero-order chi connectivity index (χ0) is 21.0. The van der Waals surface area contributed by atoms with E-state index in [0.29, 0.717) is 34.5 Å². The number of benzene rings is 2. The Morgan fingerprint density at radius 1 is 1.07 bits per heavy atom. The fraction of sp³-hybridized carbons (Fsp3) is 0.318. The molecule has 2 aromatic carbocycles. The lowest BCUT2D eigenvalue weighted by Crippen LogP contribution is -2.32. The standard InChI is InChI=1S/C22H25N3O4/c1-5-6-11-24(2)22(27)20-18-9-7-8-10-19(18)21(26)25(23-20)15-12-16(28-3)14-17(13-15)29-4/h7-10,12-14H,5-6,11H2,1-4H3. The molecule has 0 saturated heterocycles. The lowest BCUT2D eigenvalue weighted by molar-refractivity contribution is 0.0788. The van der Waals surface area contributed by atoms with Crippen molar-refractivity contribution in [2.45, 2.75) is 19.8 Å². The summed E-state index contributed by atoms with van der Waals surface area (Å²) in [6.45, 7) is 2.69. The van der Waals surface area contributed by atoms with Crippen LogP contribution >= 0.6 is 0 Å². The molecular weight excluding hydrogens is 370 g/mol. The predicted molar refractivity (Wildman–Crippen MR) is 112 cm³/mol. The number of methoxy groups -OCH3 is 2. The first kappa shape index (κ1) is 20.4. The van der Waals surface area contributed by atoms with Gasteiger partial charge in [0.1, 0.15) is 11.5 Å². The molecule has 0 spiro atoms. The van der Waals surface area contributed by atoms with Gasteiger partial charge in [-0.15, -0.1) is 0 Å². The Bertz CT molecular complexity index is 1070. The van der Waals surface area contributed by atoms with Crippen LogP contribution in [0.3, 0.4) is 0 Å². The Labute approximate surface area is 169 Å². The molecule has 0 aliphatic carbocycles. The van der Waals surface area contributed by atoms with Gasteiger partial charge in [0, 0.05) is 37.2 Å². The van der Waals surface area contributed by atoms with E-state index in [-0.39, 0.29) is 17.2 Å². The molecule has 0 saturated carbocycles. The van der Waals surface area contributed by atoms with Gasteiger partial charge in [-0.1, -0.05) is 31.5 Å². The summed E-state index contributed by atoms with van der Waals surface area (Å²) in [5.74, 6) is 0.821. The van der Waals surface area contributed by atoms with E-state index in [4.69, 9.17) is 9.47 Å². The first-order valence-electron chi connectivity index (χ1n) is 9.51. The van der Waals surface area contributed by atoms with Gasteiger partial charge in [0.15, 0.2) is 5.69 Å². The van der Waals surface area contributed by atoms with Gasteiger partial charge < -0.3 is 14.4 Å². The number of amides is 1. The SMILES string of the molecule is CCCCN(C)C(=O)c1nn(-c2cc(OC)cc(OC)c2)c(=O)c2ccccc12. The van der Waals surface area contributed by atoms with Crippen molar-refractivity contribution in [3.63, 3.8) is 0 Å². The summed E-state index contributed by atoms with van der Waals surface area (Å²) in [6, 6.07) is 12.1.